The summed E-state index contributed by atoms with van der Waals surface area (Å²) in [5.41, 5.74) is -0.535. The van der Waals surface area contributed by atoms with Crippen molar-refractivity contribution in [3.05, 3.63) is 34.1 Å². The average molecular weight is 462 g/mol. The van der Waals surface area contributed by atoms with Crippen LogP contribution in [0.15, 0.2) is 17.1 Å². The highest BCUT2D eigenvalue weighted by Gasteiger charge is 2.42. The molecule has 33 heavy (non-hydrogen) atoms. The number of anilines is 2. The molecule has 5 heterocycles. The summed E-state index contributed by atoms with van der Waals surface area (Å²) in [5.74, 6) is 1.08. The second-order valence-electron chi connectivity index (χ2n) is 8.91. The standard InChI is InChI=1S/C21H25F3N8O/c1-3-32-18(33)14-11-25-29-17(14)28-19(32)30-7-4-20(5-8-30)6-9-31(12-20)16-10-15(21(22,23)24)26-13(2)27-16/h10-11H,3-9,12H2,1-2H3,(H,25,29). The highest BCUT2D eigenvalue weighted by atomic mass is 19.4. The van der Waals surface area contributed by atoms with Crippen molar-refractivity contribution in [2.75, 3.05) is 36.0 Å². The van der Waals surface area contributed by atoms with Gasteiger partial charge in [0.25, 0.3) is 5.56 Å². The molecule has 0 saturated carbocycles. The van der Waals surface area contributed by atoms with Gasteiger partial charge in [-0.25, -0.2) is 9.97 Å². The smallest absolute Gasteiger partial charge is 0.356 e. The van der Waals surface area contributed by atoms with E-state index in [2.05, 4.69) is 30.0 Å². The lowest BCUT2D eigenvalue weighted by molar-refractivity contribution is -0.141. The number of aromatic nitrogens is 6. The number of alkyl halides is 3. The minimum atomic E-state index is -4.50. The van der Waals surface area contributed by atoms with Crippen molar-refractivity contribution in [3.8, 4) is 0 Å². The zero-order valence-electron chi connectivity index (χ0n) is 18.5. The molecule has 0 bridgehead atoms. The number of hydrogen-bond acceptors (Lipinski definition) is 7. The van der Waals surface area contributed by atoms with Gasteiger partial charge < -0.3 is 9.80 Å². The fourth-order valence-corrected chi connectivity index (χ4v) is 5.02. The number of nitrogens with zero attached hydrogens (tertiary/aromatic N) is 7. The number of halogens is 3. The summed E-state index contributed by atoms with van der Waals surface area (Å²) in [4.78, 5) is 29.3. The van der Waals surface area contributed by atoms with Crippen LogP contribution in [-0.2, 0) is 12.7 Å². The number of aryl methyl sites for hydroxylation is 1. The zero-order chi connectivity index (χ0) is 23.4. The lowest BCUT2D eigenvalue weighted by Gasteiger charge is -2.40. The normalized spacial score (nSPS) is 18.6. The molecule has 0 aromatic carbocycles. The van der Waals surface area contributed by atoms with Crippen LogP contribution in [0.2, 0.25) is 0 Å². The Morgan fingerprint density at radius 3 is 2.45 bits per heavy atom. The van der Waals surface area contributed by atoms with E-state index in [0.29, 0.717) is 42.4 Å². The summed E-state index contributed by atoms with van der Waals surface area (Å²) in [6.45, 7) is 6.66. The van der Waals surface area contributed by atoms with Gasteiger partial charge in [-0.15, -0.1) is 0 Å². The summed E-state index contributed by atoms with van der Waals surface area (Å²) in [6, 6.07) is 1.05. The van der Waals surface area contributed by atoms with E-state index in [9.17, 15) is 18.0 Å². The average Bonchev–Trinajstić information content (AvgIpc) is 3.41. The van der Waals surface area contributed by atoms with Crippen molar-refractivity contribution >= 4 is 22.8 Å². The van der Waals surface area contributed by atoms with Crippen molar-refractivity contribution in [3.63, 3.8) is 0 Å². The largest absolute Gasteiger partial charge is 0.433 e. The number of aromatic amines is 1. The van der Waals surface area contributed by atoms with Gasteiger partial charge in [0.15, 0.2) is 5.65 Å². The summed E-state index contributed by atoms with van der Waals surface area (Å²) >= 11 is 0. The Hall–Kier alpha value is -3.18. The predicted molar refractivity (Wildman–Crippen MR) is 116 cm³/mol. The van der Waals surface area contributed by atoms with E-state index in [-0.39, 0.29) is 16.8 Å². The third-order valence-corrected chi connectivity index (χ3v) is 6.85. The molecule has 3 aromatic rings. The zero-order valence-corrected chi connectivity index (χ0v) is 18.5. The first-order valence-corrected chi connectivity index (χ1v) is 11.1. The number of fused-ring (bicyclic) bond motifs is 1. The van der Waals surface area contributed by atoms with Crippen LogP contribution < -0.4 is 15.4 Å². The molecule has 1 spiro atoms. The Morgan fingerprint density at radius 1 is 1.09 bits per heavy atom. The molecule has 0 atom stereocenters. The first kappa shape index (κ1) is 21.7. The predicted octanol–water partition coefficient (Wildman–Crippen LogP) is 2.75. The Kier molecular flexibility index (Phi) is 5.05. The van der Waals surface area contributed by atoms with Gasteiger partial charge in [-0.05, 0) is 38.5 Å². The molecule has 2 fully saturated rings. The van der Waals surface area contributed by atoms with Crippen LogP contribution in [0, 0.1) is 12.3 Å². The third-order valence-electron chi connectivity index (χ3n) is 6.85. The van der Waals surface area contributed by atoms with E-state index >= 15 is 0 Å². The lowest BCUT2D eigenvalue weighted by atomic mass is 9.78. The maximum Gasteiger partial charge on any atom is 0.433 e. The number of nitrogens with one attached hydrogen (secondary N) is 1. The molecule has 2 saturated heterocycles. The third kappa shape index (κ3) is 3.80. The van der Waals surface area contributed by atoms with Gasteiger partial charge in [0.1, 0.15) is 22.7 Å². The fraction of sp³-hybridized carbons (Fsp3) is 0.571. The van der Waals surface area contributed by atoms with Crippen LogP contribution in [0.5, 0.6) is 0 Å². The Balaban J connectivity index is 1.34. The molecule has 176 valence electrons. The molecule has 5 rings (SSSR count). The Bertz CT molecular complexity index is 1240. The lowest BCUT2D eigenvalue weighted by Crippen LogP contribution is -2.44. The SMILES string of the molecule is CCn1c(N2CCC3(CCN(c4cc(C(F)(F)F)nc(C)n4)C3)CC2)nc2[nH]ncc2c1=O. The first-order chi connectivity index (χ1) is 15.7. The van der Waals surface area contributed by atoms with Gasteiger partial charge in [0.2, 0.25) is 5.95 Å². The number of hydrogen-bond donors (Lipinski definition) is 1. The Labute approximate surface area is 187 Å². The van der Waals surface area contributed by atoms with Gasteiger partial charge in [0.05, 0.1) is 6.20 Å². The van der Waals surface area contributed by atoms with Crippen LogP contribution in [0.1, 0.15) is 37.7 Å². The maximum absolute atomic E-state index is 13.2. The summed E-state index contributed by atoms with van der Waals surface area (Å²) < 4.78 is 41.3. The summed E-state index contributed by atoms with van der Waals surface area (Å²) in [7, 11) is 0. The van der Waals surface area contributed by atoms with Crippen molar-refractivity contribution in [1.29, 1.82) is 0 Å². The molecule has 0 amide bonds. The molecule has 0 aliphatic carbocycles. The van der Waals surface area contributed by atoms with Crippen LogP contribution in [0.4, 0.5) is 24.9 Å². The van der Waals surface area contributed by atoms with E-state index in [4.69, 9.17) is 0 Å². The fourth-order valence-electron chi connectivity index (χ4n) is 5.02. The van der Waals surface area contributed by atoms with E-state index < -0.39 is 11.9 Å². The summed E-state index contributed by atoms with van der Waals surface area (Å²) in [6.07, 6.45) is -0.388. The van der Waals surface area contributed by atoms with E-state index in [1.165, 1.54) is 13.1 Å². The second-order valence-corrected chi connectivity index (χ2v) is 8.91. The van der Waals surface area contributed by atoms with E-state index in [1.807, 2.05) is 11.8 Å². The highest BCUT2D eigenvalue weighted by molar-refractivity contribution is 5.74. The van der Waals surface area contributed by atoms with Crippen molar-refractivity contribution < 1.29 is 13.2 Å². The maximum atomic E-state index is 13.2. The molecule has 2 aliphatic heterocycles. The topological polar surface area (TPSA) is 95.8 Å². The first-order valence-electron chi connectivity index (χ1n) is 11.1. The van der Waals surface area contributed by atoms with Gasteiger partial charge in [-0.2, -0.15) is 23.3 Å². The molecule has 12 heteroatoms. The summed E-state index contributed by atoms with van der Waals surface area (Å²) in [5, 5.41) is 7.20. The molecule has 2 aliphatic rings. The second kappa shape index (κ2) is 7.70. The Morgan fingerprint density at radius 2 is 1.79 bits per heavy atom. The van der Waals surface area contributed by atoms with Crippen molar-refractivity contribution in [2.45, 2.75) is 45.8 Å². The number of rotatable bonds is 3. The minimum absolute atomic E-state index is 0.00315. The van der Waals surface area contributed by atoms with Crippen LogP contribution in [0.3, 0.4) is 0 Å². The highest BCUT2D eigenvalue weighted by Crippen LogP contribution is 2.42. The molecule has 3 aromatic heterocycles. The molecular weight excluding hydrogens is 437 g/mol. The van der Waals surface area contributed by atoms with Crippen LogP contribution in [0.25, 0.3) is 11.0 Å². The number of H-pyrrole nitrogens is 1. The van der Waals surface area contributed by atoms with Crippen molar-refractivity contribution in [1.82, 2.24) is 29.7 Å². The van der Waals surface area contributed by atoms with Gasteiger partial charge >= 0.3 is 6.18 Å². The molecule has 9 nitrogen and oxygen atoms in total. The number of piperidine rings is 1. The minimum Gasteiger partial charge on any atom is -0.356 e. The van der Waals surface area contributed by atoms with Gasteiger partial charge in [0, 0.05) is 38.8 Å². The van der Waals surface area contributed by atoms with Gasteiger partial charge in [-0.1, -0.05) is 0 Å². The molecule has 0 radical (unpaired) electrons. The molecule has 1 N–H and O–H groups in total. The molecular formula is C21H25F3N8O. The molecule has 0 unspecified atom stereocenters. The van der Waals surface area contributed by atoms with Crippen LogP contribution >= 0.6 is 0 Å². The van der Waals surface area contributed by atoms with Gasteiger partial charge in [-0.3, -0.25) is 14.5 Å². The van der Waals surface area contributed by atoms with Crippen LogP contribution in [-0.4, -0.2) is 55.9 Å². The van der Waals surface area contributed by atoms with E-state index in [0.717, 1.165) is 38.4 Å². The van der Waals surface area contributed by atoms with Crippen molar-refractivity contribution in [2.24, 2.45) is 5.41 Å². The monoisotopic (exact) mass is 462 g/mol. The quantitative estimate of drug-likeness (QED) is 0.639. The van der Waals surface area contributed by atoms with E-state index in [1.54, 1.807) is 4.57 Å².